The van der Waals surface area contributed by atoms with Crippen LogP contribution in [-0.4, -0.2) is 23.8 Å². The average Bonchev–Trinajstić information content (AvgIpc) is 3.36. The largest absolute Gasteiger partial charge is 0.467 e. The number of aryl methyl sites for hydroxylation is 1. The van der Waals surface area contributed by atoms with Crippen molar-refractivity contribution in [2.75, 3.05) is 11.9 Å². The van der Waals surface area contributed by atoms with Crippen LogP contribution in [0.1, 0.15) is 32.8 Å². The summed E-state index contributed by atoms with van der Waals surface area (Å²) in [6.45, 7) is 2.48. The second kappa shape index (κ2) is 11.0. The maximum atomic E-state index is 14.5. The van der Waals surface area contributed by atoms with Crippen LogP contribution in [0.5, 0.6) is 0 Å². The van der Waals surface area contributed by atoms with Gasteiger partial charge in [-0.2, -0.15) is 0 Å². The van der Waals surface area contributed by atoms with Crippen molar-refractivity contribution >= 4 is 17.5 Å². The minimum atomic E-state index is -0.931. The summed E-state index contributed by atoms with van der Waals surface area (Å²) < 4.78 is 33.3. The van der Waals surface area contributed by atoms with E-state index in [0.717, 1.165) is 23.3 Å². The fourth-order valence-corrected chi connectivity index (χ4v) is 3.83. The lowest BCUT2D eigenvalue weighted by Crippen LogP contribution is -2.31. The Morgan fingerprint density at radius 3 is 2.33 bits per heavy atom. The number of likely N-dealkylation sites (N-methyl/N-ethyl adjacent to an activating group) is 1. The second-order valence-electron chi connectivity index (χ2n) is 8.68. The molecular formula is C29H26F2N2O3. The Bertz CT molecular complexity index is 1350. The van der Waals surface area contributed by atoms with Gasteiger partial charge in [0.25, 0.3) is 5.91 Å². The molecule has 5 nitrogen and oxygen atoms in total. The van der Waals surface area contributed by atoms with Gasteiger partial charge < -0.3 is 14.2 Å². The van der Waals surface area contributed by atoms with Crippen molar-refractivity contribution in [3.05, 3.63) is 125 Å². The van der Waals surface area contributed by atoms with Crippen molar-refractivity contribution in [1.29, 1.82) is 0 Å². The van der Waals surface area contributed by atoms with Crippen molar-refractivity contribution in [2.24, 2.45) is 0 Å². The van der Waals surface area contributed by atoms with Crippen molar-refractivity contribution < 1.29 is 22.8 Å². The van der Waals surface area contributed by atoms with E-state index in [9.17, 15) is 18.4 Å². The molecule has 0 unspecified atom stereocenters. The van der Waals surface area contributed by atoms with Gasteiger partial charge in [-0.25, -0.2) is 8.78 Å². The first-order valence-corrected chi connectivity index (χ1v) is 11.5. The number of anilines is 1. The summed E-state index contributed by atoms with van der Waals surface area (Å²) in [5.74, 6) is -1.74. The molecular weight excluding hydrogens is 462 g/mol. The van der Waals surface area contributed by atoms with Crippen molar-refractivity contribution in [2.45, 2.75) is 26.4 Å². The number of furan rings is 1. The molecule has 7 heteroatoms. The van der Waals surface area contributed by atoms with Gasteiger partial charge in [-0.1, -0.05) is 42.0 Å². The standard InChI is InChI=1S/C29H26F2N2O3/c1-20-8-10-21(11-9-20)18-33(29(35)26-13-12-23(30)17-27(26)31)24-6-3-5-22(15-24)16-28(34)32(2)19-25-7-4-14-36-25/h3-15,17H,16,18-19H2,1-2H3. The summed E-state index contributed by atoms with van der Waals surface area (Å²) >= 11 is 0. The maximum Gasteiger partial charge on any atom is 0.261 e. The van der Waals surface area contributed by atoms with E-state index in [0.29, 0.717) is 29.6 Å². The Labute approximate surface area is 208 Å². The van der Waals surface area contributed by atoms with Gasteiger partial charge in [-0.05, 0) is 54.4 Å². The number of amides is 2. The first kappa shape index (κ1) is 24.9. The van der Waals surface area contributed by atoms with Crippen LogP contribution in [0.2, 0.25) is 0 Å². The molecule has 0 fully saturated rings. The molecule has 0 spiro atoms. The Morgan fingerprint density at radius 2 is 1.64 bits per heavy atom. The Hall–Kier alpha value is -4.26. The molecule has 0 bridgehead atoms. The van der Waals surface area contributed by atoms with Gasteiger partial charge in [0, 0.05) is 18.8 Å². The van der Waals surface area contributed by atoms with Gasteiger partial charge in [0.1, 0.15) is 17.4 Å². The van der Waals surface area contributed by atoms with E-state index >= 15 is 0 Å². The molecule has 1 heterocycles. The van der Waals surface area contributed by atoms with Crippen molar-refractivity contribution in [1.82, 2.24) is 4.90 Å². The number of carbonyl (C=O) groups is 2. The normalized spacial score (nSPS) is 10.8. The zero-order valence-corrected chi connectivity index (χ0v) is 20.1. The summed E-state index contributed by atoms with van der Waals surface area (Å²) in [5, 5.41) is 0. The molecule has 0 N–H and O–H groups in total. The summed E-state index contributed by atoms with van der Waals surface area (Å²) in [7, 11) is 1.69. The summed E-state index contributed by atoms with van der Waals surface area (Å²) in [4.78, 5) is 29.2. The van der Waals surface area contributed by atoms with Crippen LogP contribution in [0.25, 0.3) is 0 Å². The lowest BCUT2D eigenvalue weighted by Gasteiger charge is -2.24. The van der Waals surface area contributed by atoms with E-state index in [1.54, 1.807) is 54.6 Å². The third-order valence-electron chi connectivity index (χ3n) is 5.84. The minimum Gasteiger partial charge on any atom is -0.467 e. The SMILES string of the molecule is Cc1ccc(CN(C(=O)c2ccc(F)cc2F)c2cccc(CC(=O)N(C)Cc3ccco3)c2)cc1. The number of hydrogen-bond acceptors (Lipinski definition) is 3. The summed E-state index contributed by atoms with van der Waals surface area (Å²) in [5.41, 5.74) is 2.88. The Kier molecular flexibility index (Phi) is 7.59. The third kappa shape index (κ3) is 6.05. The van der Waals surface area contributed by atoms with E-state index in [-0.39, 0.29) is 24.4 Å². The molecule has 1 aromatic heterocycles. The third-order valence-corrected chi connectivity index (χ3v) is 5.84. The lowest BCUT2D eigenvalue weighted by molar-refractivity contribution is -0.129. The van der Waals surface area contributed by atoms with Crippen molar-refractivity contribution in [3.63, 3.8) is 0 Å². The van der Waals surface area contributed by atoms with Crippen LogP contribution in [0.3, 0.4) is 0 Å². The highest BCUT2D eigenvalue weighted by Gasteiger charge is 2.22. The topological polar surface area (TPSA) is 53.8 Å². The predicted molar refractivity (Wildman–Crippen MR) is 133 cm³/mol. The number of carbonyl (C=O) groups excluding carboxylic acids is 2. The zero-order chi connectivity index (χ0) is 25.7. The Balaban J connectivity index is 1.61. The zero-order valence-electron chi connectivity index (χ0n) is 20.1. The van der Waals surface area contributed by atoms with Crippen LogP contribution < -0.4 is 4.90 Å². The smallest absolute Gasteiger partial charge is 0.261 e. The molecule has 0 saturated heterocycles. The maximum absolute atomic E-state index is 14.5. The van der Waals surface area contributed by atoms with E-state index in [2.05, 4.69) is 0 Å². The monoisotopic (exact) mass is 488 g/mol. The fourth-order valence-electron chi connectivity index (χ4n) is 3.83. The Morgan fingerprint density at radius 1 is 0.861 bits per heavy atom. The molecule has 2 amide bonds. The molecule has 4 rings (SSSR count). The predicted octanol–water partition coefficient (Wildman–Crippen LogP) is 5.91. The van der Waals surface area contributed by atoms with Crippen LogP contribution in [-0.2, 0) is 24.3 Å². The van der Waals surface area contributed by atoms with E-state index < -0.39 is 17.5 Å². The molecule has 184 valence electrons. The lowest BCUT2D eigenvalue weighted by atomic mass is 10.1. The molecule has 0 saturated carbocycles. The highest BCUT2D eigenvalue weighted by molar-refractivity contribution is 6.06. The van der Waals surface area contributed by atoms with Gasteiger partial charge >= 0.3 is 0 Å². The first-order chi connectivity index (χ1) is 17.3. The van der Waals surface area contributed by atoms with Crippen LogP contribution in [0.15, 0.2) is 89.5 Å². The van der Waals surface area contributed by atoms with Gasteiger partial charge in [0.05, 0.1) is 31.3 Å². The van der Waals surface area contributed by atoms with E-state index in [1.165, 1.54) is 4.90 Å². The average molecular weight is 489 g/mol. The first-order valence-electron chi connectivity index (χ1n) is 11.5. The number of rotatable bonds is 8. The molecule has 36 heavy (non-hydrogen) atoms. The van der Waals surface area contributed by atoms with Crippen molar-refractivity contribution in [3.8, 4) is 0 Å². The van der Waals surface area contributed by atoms with E-state index in [1.807, 2.05) is 31.2 Å². The molecule has 3 aromatic carbocycles. The van der Waals surface area contributed by atoms with Gasteiger partial charge in [0.2, 0.25) is 5.91 Å². The quantitative estimate of drug-likeness (QED) is 0.310. The minimum absolute atomic E-state index is 0.114. The summed E-state index contributed by atoms with van der Waals surface area (Å²) in [6, 6.07) is 21.1. The van der Waals surface area contributed by atoms with Gasteiger partial charge in [-0.3, -0.25) is 9.59 Å². The molecule has 0 aliphatic heterocycles. The molecule has 0 atom stereocenters. The molecule has 0 aliphatic carbocycles. The van der Waals surface area contributed by atoms with Crippen LogP contribution in [0, 0.1) is 18.6 Å². The number of halogens is 2. The number of hydrogen-bond donors (Lipinski definition) is 0. The molecule has 0 radical (unpaired) electrons. The number of benzene rings is 3. The van der Waals surface area contributed by atoms with Gasteiger partial charge in [-0.15, -0.1) is 0 Å². The second-order valence-corrected chi connectivity index (χ2v) is 8.68. The van der Waals surface area contributed by atoms with Gasteiger partial charge in [0.15, 0.2) is 0 Å². The highest BCUT2D eigenvalue weighted by atomic mass is 19.1. The van der Waals surface area contributed by atoms with E-state index in [4.69, 9.17) is 4.42 Å². The molecule has 4 aromatic rings. The summed E-state index contributed by atoms with van der Waals surface area (Å²) in [6.07, 6.45) is 1.67. The fraction of sp³-hybridized carbons (Fsp3) is 0.172. The highest BCUT2D eigenvalue weighted by Crippen LogP contribution is 2.24. The van der Waals surface area contributed by atoms with Crippen LogP contribution in [0.4, 0.5) is 14.5 Å². The number of nitrogens with zero attached hydrogens (tertiary/aromatic N) is 2. The van der Waals surface area contributed by atoms with Crippen LogP contribution >= 0.6 is 0 Å². The molecule has 0 aliphatic rings.